The third-order valence-electron chi connectivity index (χ3n) is 3.07. The topological polar surface area (TPSA) is 38.0 Å². The van der Waals surface area contributed by atoms with Crippen LogP contribution in [0, 0.1) is 0 Å². The van der Waals surface area contributed by atoms with Crippen LogP contribution in [0.2, 0.25) is 0 Å². The summed E-state index contributed by atoms with van der Waals surface area (Å²) in [5, 5.41) is 6.03. The highest BCUT2D eigenvalue weighted by Crippen LogP contribution is 2.15. The second-order valence-electron chi connectivity index (χ2n) is 4.52. The van der Waals surface area contributed by atoms with Crippen LogP contribution in [0.1, 0.15) is 12.5 Å². The SMILES string of the molecule is CC(CN)NCCc1ccc2ccccc2c1. The van der Waals surface area contributed by atoms with Crippen LogP contribution in [0.4, 0.5) is 0 Å². The van der Waals surface area contributed by atoms with E-state index >= 15 is 0 Å². The molecule has 0 saturated heterocycles. The fraction of sp³-hybridized carbons (Fsp3) is 0.333. The Morgan fingerprint density at radius 3 is 2.65 bits per heavy atom. The second-order valence-corrected chi connectivity index (χ2v) is 4.52. The van der Waals surface area contributed by atoms with Crippen molar-refractivity contribution >= 4 is 10.8 Å². The first-order valence-corrected chi connectivity index (χ1v) is 6.21. The lowest BCUT2D eigenvalue weighted by atomic mass is 10.1. The molecule has 0 aliphatic heterocycles. The van der Waals surface area contributed by atoms with Crippen molar-refractivity contribution in [3.63, 3.8) is 0 Å². The summed E-state index contributed by atoms with van der Waals surface area (Å²) in [6, 6.07) is 15.5. The molecule has 0 saturated carbocycles. The fourth-order valence-electron chi connectivity index (χ4n) is 1.94. The smallest absolute Gasteiger partial charge is 0.0162 e. The third kappa shape index (κ3) is 3.29. The molecule has 90 valence electrons. The molecule has 2 rings (SSSR count). The van der Waals surface area contributed by atoms with Crippen molar-refractivity contribution in [3.8, 4) is 0 Å². The number of fused-ring (bicyclic) bond motifs is 1. The first kappa shape index (κ1) is 12.1. The van der Waals surface area contributed by atoms with E-state index in [1.807, 2.05) is 0 Å². The molecule has 0 bridgehead atoms. The molecule has 2 aromatic rings. The van der Waals surface area contributed by atoms with Gasteiger partial charge in [0.25, 0.3) is 0 Å². The predicted molar refractivity (Wildman–Crippen MR) is 74.2 cm³/mol. The van der Waals surface area contributed by atoms with Crippen LogP contribution in [0.15, 0.2) is 42.5 Å². The summed E-state index contributed by atoms with van der Waals surface area (Å²) in [5.41, 5.74) is 6.94. The van der Waals surface area contributed by atoms with Crippen LogP contribution in [0.5, 0.6) is 0 Å². The van der Waals surface area contributed by atoms with Gasteiger partial charge in [-0.25, -0.2) is 0 Å². The van der Waals surface area contributed by atoms with E-state index in [-0.39, 0.29) is 0 Å². The van der Waals surface area contributed by atoms with Crippen molar-refractivity contribution in [3.05, 3.63) is 48.0 Å². The Kier molecular flexibility index (Phi) is 4.13. The van der Waals surface area contributed by atoms with Gasteiger partial charge in [-0.2, -0.15) is 0 Å². The Morgan fingerprint density at radius 1 is 1.12 bits per heavy atom. The number of hydrogen-bond acceptors (Lipinski definition) is 2. The molecule has 0 aliphatic carbocycles. The van der Waals surface area contributed by atoms with E-state index in [1.165, 1.54) is 16.3 Å². The van der Waals surface area contributed by atoms with E-state index in [4.69, 9.17) is 5.73 Å². The third-order valence-corrected chi connectivity index (χ3v) is 3.07. The molecule has 0 heterocycles. The lowest BCUT2D eigenvalue weighted by Gasteiger charge is -2.11. The average molecular weight is 228 g/mol. The fourth-order valence-corrected chi connectivity index (χ4v) is 1.94. The van der Waals surface area contributed by atoms with Gasteiger partial charge in [0.1, 0.15) is 0 Å². The lowest BCUT2D eigenvalue weighted by molar-refractivity contribution is 0.559. The number of benzene rings is 2. The van der Waals surface area contributed by atoms with E-state index in [0.29, 0.717) is 12.6 Å². The zero-order valence-corrected chi connectivity index (χ0v) is 10.3. The molecule has 17 heavy (non-hydrogen) atoms. The normalized spacial score (nSPS) is 12.8. The molecule has 0 aliphatic rings. The number of nitrogens with two attached hydrogens (primary N) is 1. The van der Waals surface area contributed by atoms with Crippen LogP contribution in [0.25, 0.3) is 10.8 Å². The Hall–Kier alpha value is -1.38. The van der Waals surface area contributed by atoms with Gasteiger partial charge < -0.3 is 11.1 Å². The molecule has 1 atom stereocenters. The van der Waals surface area contributed by atoms with Gasteiger partial charge in [0, 0.05) is 12.6 Å². The average Bonchev–Trinajstić information content (AvgIpc) is 2.38. The molecule has 2 heteroatoms. The van der Waals surface area contributed by atoms with Crippen molar-refractivity contribution < 1.29 is 0 Å². The summed E-state index contributed by atoms with van der Waals surface area (Å²) in [5.74, 6) is 0. The zero-order valence-electron chi connectivity index (χ0n) is 10.3. The molecular formula is C15H20N2. The van der Waals surface area contributed by atoms with Gasteiger partial charge in [-0.05, 0) is 36.2 Å². The predicted octanol–water partition coefficient (Wildman–Crippen LogP) is 2.32. The van der Waals surface area contributed by atoms with Crippen molar-refractivity contribution in [1.82, 2.24) is 5.32 Å². The summed E-state index contributed by atoms with van der Waals surface area (Å²) in [6.07, 6.45) is 1.05. The Morgan fingerprint density at radius 2 is 1.88 bits per heavy atom. The summed E-state index contributed by atoms with van der Waals surface area (Å²) < 4.78 is 0. The highest BCUT2D eigenvalue weighted by Gasteiger charge is 1.99. The van der Waals surface area contributed by atoms with Gasteiger partial charge in [-0.3, -0.25) is 0 Å². The second kappa shape index (κ2) is 5.80. The summed E-state index contributed by atoms with van der Waals surface area (Å²) >= 11 is 0. The van der Waals surface area contributed by atoms with Crippen molar-refractivity contribution in [2.24, 2.45) is 5.73 Å². The van der Waals surface area contributed by atoms with Crippen LogP contribution in [-0.2, 0) is 6.42 Å². The zero-order chi connectivity index (χ0) is 12.1. The van der Waals surface area contributed by atoms with Crippen molar-refractivity contribution in [1.29, 1.82) is 0 Å². The van der Waals surface area contributed by atoms with Crippen LogP contribution >= 0.6 is 0 Å². The van der Waals surface area contributed by atoms with E-state index in [2.05, 4.69) is 54.7 Å². The maximum atomic E-state index is 5.56. The van der Waals surface area contributed by atoms with Gasteiger partial charge in [0.15, 0.2) is 0 Å². The molecular weight excluding hydrogens is 208 g/mol. The summed E-state index contributed by atoms with van der Waals surface area (Å²) in [4.78, 5) is 0. The van der Waals surface area contributed by atoms with Crippen molar-refractivity contribution in [2.75, 3.05) is 13.1 Å². The Bertz CT molecular complexity index is 479. The minimum absolute atomic E-state index is 0.399. The summed E-state index contributed by atoms with van der Waals surface area (Å²) in [7, 11) is 0. The lowest BCUT2D eigenvalue weighted by Crippen LogP contribution is -2.34. The Balaban J connectivity index is 1.99. The standard InChI is InChI=1S/C15H20N2/c1-12(11-16)17-9-8-13-6-7-14-4-2-3-5-15(14)10-13/h2-7,10,12,17H,8-9,11,16H2,1H3. The minimum Gasteiger partial charge on any atom is -0.329 e. The first-order valence-electron chi connectivity index (χ1n) is 6.21. The molecule has 0 amide bonds. The largest absolute Gasteiger partial charge is 0.329 e. The van der Waals surface area contributed by atoms with Gasteiger partial charge in [-0.1, -0.05) is 42.5 Å². The molecule has 0 fully saturated rings. The number of rotatable bonds is 5. The number of hydrogen-bond donors (Lipinski definition) is 2. The highest BCUT2D eigenvalue weighted by molar-refractivity contribution is 5.82. The van der Waals surface area contributed by atoms with Gasteiger partial charge >= 0.3 is 0 Å². The monoisotopic (exact) mass is 228 g/mol. The molecule has 0 spiro atoms. The van der Waals surface area contributed by atoms with Gasteiger partial charge in [-0.15, -0.1) is 0 Å². The summed E-state index contributed by atoms with van der Waals surface area (Å²) in [6.45, 7) is 3.79. The molecule has 2 aromatic carbocycles. The molecule has 0 radical (unpaired) electrons. The van der Waals surface area contributed by atoms with Crippen LogP contribution < -0.4 is 11.1 Å². The van der Waals surface area contributed by atoms with E-state index < -0.39 is 0 Å². The van der Waals surface area contributed by atoms with Crippen LogP contribution in [0.3, 0.4) is 0 Å². The van der Waals surface area contributed by atoms with Crippen molar-refractivity contribution in [2.45, 2.75) is 19.4 Å². The maximum Gasteiger partial charge on any atom is 0.0162 e. The van der Waals surface area contributed by atoms with E-state index in [9.17, 15) is 0 Å². The highest BCUT2D eigenvalue weighted by atomic mass is 14.9. The van der Waals surface area contributed by atoms with Gasteiger partial charge in [0.05, 0.1) is 0 Å². The molecule has 2 nitrogen and oxygen atoms in total. The minimum atomic E-state index is 0.399. The first-order chi connectivity index (χ1) is 8.29. The van der Waals surface area contributed by atoms with E-state index in [0.717, 1.165) is 13.0 Å². The van der Waals surface area contributed by atoms with Crippen LogP contribution in [-0.4, -0.2) is 19.1 Å². The van der Waals surface area contributed by atoms with Gasteiger partial charge in [0.2, 0.25) is 0 Å². The molecule has 1 unspecified atom stereocenters. The Labute approximate surface area is 103 Å². The number of nitrogens with one attached hydrogen (secondary N) is 1. The molecule has 3 N–H and O–H groups in total. The molecule has 0 aromatic heterocycles. The van der Waals surface area contributed by atoms with E-state index in [1.54, 1.807) is 0 Å². The maximum absolute atomic E-state index is 5.56. The quantitative estimate of drug-likeness (QED) is 0.824.